The van der Waals surface area contributed by atoms with Crippen molar-refractivity contribution >= 4 is 0 Å². The number of rotatable bonds is 18. The Morgan fingerprint density at radius 3 is 1.00 bits per heavy atom. The third kappa shape index (κ3) is 22.9. The summed E-state index contributed by atoms with van der Waals surface area (Å²) in [6.07, 6.45) is 22.8. The van der Waals surface area contributed by atoms with Gasteiger partial charge in [0.25, 0.3) is 0 Å². The molecule has 0 aliphatic rings. The molecule has 0 radical (unpaired) electrons. The molecule has 0 aromatic carbocycles. The Morgan fingerprint density at radius 1 is 0.409 bits per heavy atom. The third-order valence-electron chi connectivity index (χ3n) is 4.41. The van der Waals surface area contributed by atoms with E-state index < -0.39 is 0 Å². The van der Waals surface area contributed by atoms with Gasteiger partial charge in [-0.1, -0.05) is 104 Å². The van der Waals surface area contributed by atoms with Crippen molar-refractivity contribution in [1.29, 1.82) is 0 Å². The van der Waals surface area contributed by atoms with Crippen LogP contribution in [0.2, 0.25) is 0 Å². The molecule has 0 spiro atoms. The Labute approximate surface area is 155 Å². The zero-order chi connectivity index (χ0) is 15.4. The normalized spacial score (nSPS) is 10.6. The van der Waals surface area contributed by atoms with E-state index in [1.165, 1.54) is 116 Å². The first-order valence-electron chi connectivity index (χ1n) is 10.1. The van der Waals surface area contributed by atoms with E-state index in [1.54, 1.807) is 0 Å². The van der Waals surface area contributed by atoms with Crippen LogP contribution in [0.5, 0.6) is 0 Å². The summed E-state index contributed by atoms with van der Waals surface area (Å²) in [6.45, 7) is 7.06. The monoisotopic (exact) mass is 403 g/mol. The Kier molecular flexibility index (Phi) is 27.0. The second kappa shape index (κ2) is 23.9. The van der Waals surface area contributed by atoms with E-state index in [1.807, 2.05) is 0 Å². The van der Waals surface area contributed by atoms with Crippen LogP contribution in [-0.2, 0) is 20.4 Å². The first kappa shape index (κ1) is 24.9. The van der Waals surface area contributed by atoms with Gasteiger partial charge in [0.15, 0.2) is 0 Å². The summed E-state index contributed by atoms with van der Waals surface area (Å²) in [5.74, 6) is 0. The van der Waals surface area contributed by atoms with Crippen molar-refractivity contribution in [1.82, 2.24) is 5.32 Å². The van der Waals surface area contributed by atoms with E-state index in [-0.39, 0.29) is 20.4 Å². The van der Waals surface area contributed by atoms with Gasteiger partial charge in [-0.05, 0) is 25.9 Å². The summed E-state index contributed by atoms with van der Waals surface area (Å²) in [5.41, 5.74) is 0. The van der Waals surface area contributed by atoms with Gasteiger partial charge in [-0.2, -0.15) is 0 Å². The molecule has 0 aliphatic carbocycles. The molecule has 0 saturated heterocycles. The Bertz CT molecular complexity index is 155. The van der Waals surface area contributed by atoms with Crippen molar-refractivity contribution in [3.63, 3.8) is 0 Å². The summed E-state index contributed by atoms with van der Waals surface area (Å²) >= 11 is 0. The Morgan fingerprint density at radius 2 is 0.682 bits per heavy atom. The fraction of sp³-hybridized carbons (Fsp3) is 1.00. The van der Waals surface area contributed by atoms with Crippen LogP contribution < -0.4 is 5.32 Å². The van der Waals surface area contributed by atoms with Gasteiger partial charge >= 0.3 is 0 Å². The van der Waals surface area contributed by atoms with E-state index in [0.29, 0.717) is 0 Å². The number of unbranched alkanes of at least 4 members (excludes halogenated alkanes) is 14. The van der Waals surface area contributed by atoms with Crippen LogP contribution in [0.25, 0.3) is 0 Å². The molecular weight excluding hydrogens is 361 g/mol. The molecule has 0 bridgehead atoms. The molecule has 138 valence electrons. The fourth-order valence-corrected chi connectivity index (χ4v) is 2.89. The summed E-state index contributed by atoms with van der Waals surface area (Å²) < 4.78 is 0. The molecule has 1 nitrogen and oxygen atoms in total. The molecule has 0 aliphatic heterocycles. The molecule has 0 atom stereocenters. The zero-order valence-corrected chi connectivity index (χ0v) is 17.1. The van der Waals surface area contributed by atoms with Crippen molar-refractivity contribution in [3.8, 4) is 0 Å². The van der Waals surface area contributed by atoms with Crippen molar-refractivity contribution in [2.24, 2.45) is 0 Å². The maximum atomic E-state index is 3.61. The Balaban J connectivity index is 0. The second-order valence-electron chi connectivity index (χ2n) is 6.70. The van der Waals surface area contributed by atoms with Crippen molar-refractivity contribution in [2.75, 3.05) is 13.1 Å². The summed E-state index contributed by atoms with van der Waals surface area (Å²) in [5, 5.41) is 3.61. The Hall–Kier alpha value is 0.622. The minimum absolute atomic E-state index is 0. The average Bonchev–Trinajstić information content (AvgIpc) is 2.50. The topological polar surface area (TPSA) is 12.0 Å². The molecule has 0 amide bonds. The van der Waals surface area contributed by atoms with Crippen LogP contribution in [-0.4, -0.2) is 13.1 Å². The molecule has 0 fully saturated rings. The SMILES string of the molecule is CCCCCCCCCCNCCCCCCCCCC.[Pd]. The van der Waals surface area contributed by atoms with Crippen LogP contribution in [0.3, 0.4) is 0 Å². The largest absolute Gasteiger partial charge is 0.317 e. The van der Waals surface area contributed by atoms with Gasteiger partial charge < -0.3 is 5.32 Å². The van der Waals surface area contributed by atoms with Crippen LogP contribution in [0.15, 0.2) is 0 Å². The quantitative estimate of drug-likeness (QED) is 0.195. The van der Waals surface area contributed by atoms with Crippen molar-refractivity contribution in [3.05, 3.63) is 0 Å². The average molecular weight is 404 g/mol. The summed E-state index contributed by atoms with van der Waals surface area (Å²) in [6, 6.07) is 0. The van der Waals surface area contributed by atoms with Gasteiger partial charge in [0.05, 0.1) is 0 Å². The number of hydrogen-bond acceptors (Lipinski definition) is 1. The maximum Gasteiger partial charge on any atom is 0 e. The molecule has 0 aromatic heterocycles. The number of hydrogen-bond donors (Lipinski definition) is 1. The van der Waals surface area contributed by atoms with Gasteiger partial charge in [-0.3, -0.25) is 0 Å². The van der Waals surface area contributed by atoms with Crippen LogP contribution in [0, 0.1) is 0 Å². The minimum atomic E-state index is 0. The maximum absolute atomic E-state index is 3.61. The molecule has 0 aromatic rings. The molecule has 22 heavy (non-hydrogen) atoms. The van der Waals surface area contributed by atoms with Crippen LogP contribution >= 0.6 is 0 Å². The standard InChI is InChI=1S/C20H43N.Pd/c1-3-5-7-9-11-13-15-17-19-21-20-18-16-14-12-10-8-6-4-2;/h21H,3-20H2,1-2H3;. The van der Waals surface area contributed by atoms with E-state index in [0.717, 1.165) is 0 Å². The second-order valence-corrected chi connectivity index (χ2v) is 6.70. The molecule has 0 unspecified atom stereocenters. The van der Waals surface area contributed by atoms with Crippen LogP contribution in [0.4, 0.5) is 0 Å². The molecule has 0 heterocycles. The van der Waals surface area contributed by atoms with Crippen molar-refractivity contribution in [2.45, 2.75) is 117 Å². The van der Waals surface area contributed by atoms with E-state index in [2.05, 4.69) is 19.2 Å². The molecule has 1 N–H and O–H groups in total. The summed E-state index contributed by atoms with van der Waals surface area (Å²) in [4.78, 5) is 0. The zero-order valence-electron chi connectivity index (χ0n) is 15.5. The number of nitrogens with one attached hydrogen (secondary N) is 1. The van der Waals surface area contributed by atoms with Gasteiger partial charge in [-0.15, -0.1) is 0 Å². The van der Waals surface area contributed by atoms with E-state index in [4.69, 9.17) is 0 Å². The van der Waals surface area contributed by atoms with Gasteiger partial charge in [-0.25, -0.2) is 0 Å². The van der Waals surface area contributed by atoms with Gasteiger partial charge in [0, 0.05) is 20.4 Å². The first-order valence-corrected chi connectivity index (χ1v) is 10.1. The molecule has 0 saturated carbocycles. The summed E-state index contributed by atoms with van der Waals surface area (Å²) in [7, 11) is 0. The molecule has 2 heteroatoms. The fourth-order valence-electron chi connectivity index (χ4n) is 2.89. The van der Waals surface area contributed by atoms with Crippen LogP contribution in [0.1, 0.15) is 117 Å². The minimum Gasteiger partial charge on any atom is -0.317 e. The predicted molar refractivity (Wildman–Crippen MR) is 98.1 cm³/mol. The predicted octanol–water partition coefficient (Wildman–Crippen LogP) is 6.85. The van der Waals surface area contributed by atoms with E-state index in [9.17, 15) is 0 Å². The van der Waals surface area contributed by atoms with Gasteiger partial charge in [0.1, 0.15) is 0 Å². The van der Waals surface area contributed by atoms with Crippen molar-refractivity contribution < 1.29 is 20.4 Å². The molecule has 0 rings (SSSR count). The van der Waals surface area contributed by atoms with E-state index >= 15 is 0 Å². The third-order valence-corrected chi connectivity index (χ3v) is 4.41. The van der Waals surface area contributed by atoms with Gasteiger partial charge in [0.2, 0.25) is 0 Å². The molecular formula is C20H43NPd. The first-order chi connectivity index (χ1) is 10.4. The smallest absolute Gasteiger partial charge is 0 e.